The third-order valence-corrected chi connectivity index (χ3v) is 2.81. The third-order valence-electron chi connectivity index (χ3n) is 2.21. The summed E-state index contributed by atoms with van der Waals surface area (Å²) >= 11 is 3.40. The van der Waals surface area contributed by atoms with Crippen molar-refractivity contribution in [3.05, 3.63) is 34.4 Å². The third kappa shape index (κ3) is 2.15. The Morgan fingerprint density at radius 2 is 2.07 bits per heavy atom. The molecular formula is C11H13BrO2. The molecular weight excluding hydrogens is 244 g/mol. The van der Waals surface area contributed by atoms with Crippen LogP contribution in [0.3, 0.4) is 0 Å². The largest absolute Gasteiger partial charge is 0.465 e. The fraction of sp³-hybridized carbons (Fsp3) is 0.364. The fourth-order valence-electron chi connectivity index (χ4n) is 1.39. The van der Waals surface area contributed by atoms with Gasteiger partial charge in [-0.15, -0.1) is 0 Å². The second-order valence-electron chi connectivity index (χ2n) is 3.22. The van der Waals surface area contributed by atoms with Crippen molar-refractivity contribution in [2.24, 2.45) is 0 Å². The first kappa shape index (κ1) is 11.2. The predicted octanol–water partition coefficient (Wildman–Crippen LogP) is 2.98. The molecule has 0 aliphatic rings. The van der Waals surface area contributed by atoms with Gasteiger partial charge >= 0.3 is 5.97 Å². The first-order chi connectivity index (χ1) is 6.60. The van der Waals surface area contributed by atoms with E-state index in [2.05, 4.69) is 22.0 Å². The minimum atomic E-state index is -0.270. The molecule has 76 valence electrons. The molecule has 0 saturated heterocycles. The summed E-state index contributed by atoms with van der Waals surface area (Å²) in [6.07, 6.45) is 0. The molecule has 0 aliphatic heterocycles. The molecule has 1 rings (SSSR count). The second kappa shape index (κ2) is 4.60. The van der Waals surface area contributed by atoms with E-state index in [-0.39, 0.29) is 5.97 Å². The Kier molecular flexibility index (Phi) is 3.69. The van der Waals surface area contributed by atoms with Crippen LogP contribution in [0.1, 0.15) is 27.0 Å². The highest BCUT2D eigenvalue weighted by molar-refractivity contribution is 9.08. The standard InChI is InChI=1S/C11H13BrO2/c1-7-4-9(6-12)8(2)10(5-7)11(13)14-3/h4-5H,6H2,1-3H3. The lowest BCUT2D eigenvalue weighted by Crippen LogP contribution is -2.06. The Hall–Kier alpha value is -0.830. The molecule has 0 N–H and O–H groups in total. The Morgan fingerprint density at radius 1 is 1.43 bits per heavy atom. The number of carbonyl (C=O) groups excluding carboxylic acids is 1. The fourth-order valence-corrected chi connectivity index (χ4v) is 1.98. The van der Waals surface area contributed by atoms with E-state index in [1.165, 1.54) is 7.11 Å². The van der Waals surface area contributed by atoms with Gasteiger partial charge in [0.1, 0.15) is 0 Å². The van der Waals surface area contributed by atoms with E-state index in [1.54, 1.807) is 0 Å². The molecule has 1 aromatic carbocycles. The summed E-state index contributed by atoms with van der Waals surface area (Å²) in [5.74, 6) is -0.270. The van der Waals surface area contributed by atoms with Crippen LogP contribution in [0, 0.1) is 13.8 Å². The van der Waals surface area contributed by atoms with Crippen LogP contribution in [-0.2, 0) is 10.1 Å². The quantitative estimate of drug-likeness (QED) is 0.601. The number of esters is 1. The monoisotopic (exact) mass is 256 g/mol. The minimum Gasteiger partial charge on any atom is -0.465 e. The molecule has 0 saturated carbocycles. The second-order valence-corrected chi connectivity index (χ2v) is 3.78. The molecule has 0 aliphatic carbocycles. The summed E-state index contributed by atoms with van der Waals surface area (Å²) in [7, 11) is 1.40. The first-order valence-corrected chi connectivity index (χ1v) is 5.46. The van der Waals surface area contributed by atoms with E-state index in [1.807, 2.05) is 19.9 Å². The highest BCUT2D eigenvalue weighted by Crippen LogP contribution is 2.19. The van der Waals surface area contributed by atoms with Crippen LogP contribution in [0.4, 0.5) is 0 Å². The van der Waals surface area contributed by atoms with Crippen molar-refractivity contribution in [3.63, 3.8) is 0 Å². The van der Waals surface area contributed by atoms with Gasteiger partial charge in [-0.1, -0.05) is 22.0 Å². The maximum absolute atomic E-state index is 11.4. The van der Waals surface area contributed by atoms with Crippen molar-refractivity contribution < 1.29 is 9.53 Å². The van der Waals surface area contributed by atoms with Crippen LogP contribution in [0.5, 0.6) is 0 Å². The van der Waals surface area contributed by atoms with Crippen LogP contribution < -0.4 is 0 Å². The number of hydrogen-bond donors (Lipinski definition) is 0. The van der Waals surface area contributed by atoms with Crippen molar-refractivity contribution in [1.82, 2.24) is 0 Å². The Bertz CT molecular complexity index is 359. The molecule has 0 atom stereocenters. The maximum Gasteiger partial charge on any atom is 0.338 e. The zero-order chi connectivity index (χ0) is 10.7. The number of methoxy groups -OCH3 is 1. The lowest BCUT2D eigenvalue weighted by atomic mass is 10.0. The summed E-state index contributed by atoms with van der Waals surface area (Å²) in [6, 6.07) is 3.92. The summed E-state index contributed by atoms with van der Waals surface area (Å²) in [5.41, 5.74) is 3.84. The molecule has 0 aromatic heterocycles. The molecule has 0 heterocycles. The summed E-state index contributed by atoms with van der Waals surface area (Å²) < 4.78 is 4.72. The topological polar surface area (TPSA) is 26.3 Å². The molecule has 0 spiro atoms. The van der Waals surface area contributed by atoms with E-state index in [9.17, 15) is 4.79 Å². The van der Waals surface area contributed by atoms with Gasteiger partial charge in [0.15, 0.2) is 0 Å². The van der Waals surface area contributed by atoms with Crippen molar-refractivity contribution in [3.8, 4) is 0 Å². The first-order valence-electron chi connectivity index (χ1n) is 4.34. The van der Waals surface area contributed by atoms with Gasteiger partial charge in [0.05, 0.1) is 12.7 Å². The summed E-state index contributed by atoms with van der Waals surface area (Å²) in [5, 5.41) is 0.754. The smallest absolute Gasteiger partial charge is 0.338 e. The van der Waals surface area contributed by atoms with Gasteiger partial charge in [-0.3, -0.25) is 0 Å². The Balaban J connectivity index is 3.29. The molecule has 0 fully saturated rings. The summed E-state index contributed by atoms with van der Waals surface area (Å²) in [4.78, 5) is 11.4. The van der Waals surface area contributed by atoms with Crippen LogP contribution >= 0.6 is 15.9 Å². The zero-order valence-corrected chi connectivity index (χ0v) is 10.1. The van der Waals surface area contributed by atoms with Gasteiger partial charge in [-0.05, 0) is 36.6 Å². The molecule has 14 heavy (non-hydrogen) atoms. The molecule has 3 heteroatoms. The average Bonchev–Trinajstić information content (AvgIpc) is 2.19. The van der Waals surface area contributed by atoms with Gasteiger partial charge in [-0.25, -0.2) is 4.79 Å². The summed E-state index contributed by atoms with van der Waals surface area (Å²) in [6.45, 7) is 3.90. The molecule has 0 amide bonds. The van der Waals surface area contributed by atoms with Crippen LogP contribution in [0.15, 0.2) is 12.1 Å². The normalized spacial score (nSPS) is 10.0. The molecule has 0 bridgehead atoms. The molecule has 2 nitrogen and oxygen atoms in total. The van der Waals surface area contributed by atoms with E-state index in [0.29, 0.717) is 5.56 Å². The van der Waals surface area contributed by atoms with E-state index in [0.717, 1.165) is 22.0 Å². The number of hydrogen-bond acceptors (Lipinski definition) is 2. The van der Waals surface area contributed by atoms with Crippen LogP contribution in [0.25, 0.3) is 0 Å². The predicted molar refractivity (Wildman–Crippen MR) is 59.9 cm³/mol. The highest BCUT2D eigenvalue weighted by atomic mass is 79.9. The van der Waals surface area contributed by atoms with Crippen molar-refractivity contribution in [1.29, 1.82) is 0 Å². The highest BCUT2D eigenvalue weighted by Gasteiger charge is 2.12. The number of carbonyl (C=O) groups is 1. The number of alkyl halides is 1. The van der Waals surface area contributed by atoms with Crippen molar-refractivity contribution >= 4 is 21.9 Å². The molecule has 0 radical (unpaired) electrons. The van der Waals surface area contributed by atoms with Gasteiger partial charge in [-0.2, -0.15) is 0 Å². The molecule has 0 unspecified atom stereocenters. The number of halogens is 1. The van der Waals surface area contributed by atoms with Crippen LogP contribution in [0.2, 0.25) is 0 Å². The zero-order valence-electron chi connectivity index (χ0n) is 8.56. The number of ether oxygens (including phenoxy) is 1. The van der Waals surface area contributed by atoms with E-state index < -0.39 is 0 Å². The van der Waals surface area contributed by atoms with Crippen molar-refractivity contribution in [2.45, 2.75) is 19.2 Å². The van der Waals surface area contributed by atoms with Gasteiger partial charge in [0.2, 0.25) is 0 Å². The lowest BCUT2D eigenvalue weighted by Gasteiger charge is -2.09. The maximum atomic E-state index is 11.4. The van der Waals surface area contributed by atoms with Gasteiger partial charge in [0.25, 0.3) is 0 Å². The van der Waals surface area contributed by atoms with E-state index in [4.69, 9.17) is 4.74 Å². The Morgan fingerprint density at radius 3 is 2.57 bits per heavy atom. The van der Waals surface area contributed by atoms with Gasteiger partial charge in [0, 0.05) is 5.33 Å². The SMILES string of the molecule is COC(=O)c1cc(C)cc(CBr)c1C. The van der Waals surface area contributed by atoms with Crippen molar-refractivity contribution in [2.75, 3.05) is 7.11 Å². The number of rotatable bonds is 2. The number of benzene rings is 1. The minimum absolute atomic E-state index is 0.270. The lowest BCUT2D eigenvalue weighted by molar-refractivity contribution is 0.0599. The Labute approximate surface area is 92.4 Å². The molecule has 1 aromatic rings. The van der Waals surface area contributed by atoms with E-state index >= 15 is 0 Å². The van der Waals surface area contributed by atoms with Gasteiger partial charge < -0.3 is 4.74 Å². The van der Waals surface area contributed by atoms with Crippen LogP contribution in [-0.4, -0.2) is 13.1 Å². The average molecular weight is 257 g/mol. The number of aryl methyl sites for hydroxylation is 1.